The lowest BCUT2D eigenvalue weighted by Crippen LogP contribution is -2.27. The molecular formula is C23H22N2O6. The lowest BCUT2D eigenvalue weighted by molar-refractivity contribution is -0.147. The van der Waals surface area contributed by atoms with Crippen LogP contribution in [0.15, 0.2) is 49.0 Å². The predicted octanol–water partition coefficient (Wildman–Crippen LogP) is 2.85. The van der Waals surface area contributed by atoms with Crippen molar-refractivity contribution in [1.29, 1.82) is 0 Å². The number of esters is 1. The summed E-state index contributed by atoms with van der Waals surface area (Å²) in [7, 11) is 0. The summed E-state index contributed by atoms with van der Waals surface area (Å²) in [4.78, 5) is 38.1. The molecule has 2 amide bonds. The minimum absolute atomic E-state index is 0.0456. The molecule has 2 aliphatic heterocycles. The van der Waals surface area contributed by atoms with Crippen LogP contribution in [0.1, 0.15) is 28.8 Å². The quantitative estimate of drug-likeness (QED) is 0.720. The van der Waals surface area contributed by atoms with Gasteiger partial charge < -0.3 is 24.4 Å². The molecule has 0 saturated carbocycles. The van der Waals surface area contributed by atoms with E-state index in [0.717, 1.165) is 12.0 Å². The van der Waals surface area contributed by atoms with E-state index in [9.17, 15) is 14.4 Å². The van der Waals surface area contributed by atoms with Gasteiger partial charge in [-0.25, -0.2) is 0 Å². The van der Waals surface area contributed by atoms with Crippen LogP contribution < -0.4 is 14.8 Å². The third-order valence-corrected chi connectivity index (χ3v) is 4.97. The number of rotatable bonds is 6. The summed E-state index contributed by atoms with van der Waals surface area (Å²) in [6.07, 6.45) is 0.741. The molecule has 0 saturated heterocycles. The Morgan fingerprint density at radius 2 is 1.81 bits per heavy atom. The lowest BCUT2D eigenvalue weighted by atomic mass is 10.1. The van der Waals surface area contributed by atoms with E-state index in [1.807, 2.05) is 12.1 Å². The number of amides is 2. The molecule has 160 valence electrons. The summed E-state index contributed by atoms with van der Waals surface area (Å²) in [6.45, 7) is 4.76. The number of anilines is 1. The van der Waals surface area contributed by atoms with Crippen molar-refractivity contribution in [2.45, 2.75) is 12.8 Å². The van der Waals surface area contributed by atoms with E-state index in [4.69, 9.17) is 14.2 Å². The third kappa shape index (κ3) is 4.53. The van der Waals surface area contributed by atoms with Gasteiger partial charge in [0, 0.05) is 41.5 Å². The maximum absolute atomic E-state index is 12.4. The van der Waals surface area contributed by atoms with Gasteiger partial charge >= 0.3 is 5.97 Å². The van der Waals surface area contributed by atoms with Gasteiger partial charge in [0.15, 0.2) is 18.1 Å². The molecule has 31 heavy (non-hydrogen) atoms. The number of benzene rings is 2. The summed E-state index contributed by atoms with van der Waals surface area (Å²) >= 11 is 0. The van der Waals surface area contributed by atoms with E-state index >= 15 is 0 Å². The minimum Gasteiger partial charge on any atom is -0.490 e. The summed E-state index contributed by atoms with van der Waals surface area (Å²) in [5.41, 5.74) is 2.40. The highest BCUT2D eigenvalue weighted by atomic mass is 16.5. The van der Waals surface area contributed by atoms with Crippen molar-refractivity contribution >= 4 is 29.2 Å². The van der Waals surface area contributed by atoms with Crippen LogP contribution in [0, 0.1) is 0 Å². The zero-order valence-corrected chi connectivity index (χ0v) is 16.9. The fraction of sp³-hybridized carbons (Fsp3) is 0.261. The molecule has 8 nitrogen and oxygen atoms in total. The molecule has 1 N–H and O–H groups in total. The smallest absolute Gasteiger partial charge is 0.308 e. The first-order chi connectivity index (χ1) is 15.0. The highest BCUT2D eigenvalue weighted by Crippen LogP contribution is 2.32. The van der Waals surface area contributed by atoms with Gasteiger partial charge in [0.2, 0.25) is 0 Å². The standard InChI is InChI=1S/C23H22N2O6/c1-15-17-5-2-3-6-18(17)23(28)25(15)10-9-22(27)31-14-21(26)24-16-7-8-19-20(13-16)30-12-4-11-29-19/h2-3,5-8,13H,1,4,9-12,14H2,(H,24,26). The Morgan fingerprint density at radius 1 is 1.06 bits per heavy atom. The van der Waals surface area contributed by atoms with Gasteiger partial charge in [-0.15, -0.1) is 0 Å². The fourth-order valence-corrected chi connectivity index (χ4v) is 3.43. The number of fused-ring (bicyclic) bond motifs is 2. The van der Waals surface area contributed by atoms with Crippen LogP contribution in [0.3, 0.4) is 0 Å². The highest BCUT2D eigenvalue weighted by Gasteiger charge is 2.30. The molecule has 0 atom stereocenters. The van der Waals surface area contributed by atoms with Crippen molar-refractivity contribution in [3.05, 3.63) is 60.2 Å². The molecule has 0 aliphatic carbocycles. The topological polar surface area (TPSA) is 94.2 Å². The number of ether oxygens (including phenoxy) is 3. The number of hydrogen-bond donors (Lipinski definition) is 1. The molecule has 0 aromatic heterocycles. The second-order valence-electron chi connectivity index (χ2n) is 7.12. The van der Waals surface area contributed by atoms with E-state index in [-0.39, 0.29) is 18.9 Å². The molecule has 4 rings (SSSR count). The van der Waals surface area contributed by atoms with Gasteiger partial charge in [-0.05, 0) is 18.2 Å². The molecular weight excluding hydrogens is 400 g/mol. The molecule has 0 radical (unpaired) electrons. The summed E-state index contributed by atoms with van der Waals surface area (Å²) < 4.78 is 16.2. The molecule has 2 heterocycles. The van der Waals surface area contributed by atoms with Gasteiger partial charge in [0.05, 0.1) is 19.6 Å². The Bertz CT molecular complexity index is 1010. The second-order valence-corrected chi connectivity index (χ2v) is 7.12. The molecule has 0 fully saturated rings. The van der Waals surface area contributed by atoms with Crippen molar-refractivity contribution in [2.75, 3.05) is 31.7 Å². The number of carbonyl (C=O) groups excluding carboxylic acids is 3. The van der Waals surface area contributed by atoms with Gasteiger partial charge in [0.25, 0.3) is 11.8 Å². The van der Waals surface area contributed by atoms with Crippen LogP contribution in [0.25, 0.3) is 5.70 Å². The SMILES string of the molecule is C=C1c2ccccc2C(=O)N1CCC(=O)OCC(=O)Nc1ccc2c(c1)OCCCO2. The minimum atomic E-state index is -0.578. The largest absolute Gasteiger partial charge is 0.490 e. The van der Waals surface area contributed by atoms with Crippen LogP contribution in [0.2, 0.25) is 0 Å². The van der Waals surface area contributed by atoms with Crippen LogP contribution >= 0.6 is 0 Å². The van der Waals surface area contributed by atoms with Crippen molar-refractivity contribution in [1.82, 2.24) is 4.90 Å². The summed E-state index contributed by atoms with van der Waals surface area (Å²) in [5, 5.41) is 2.66. The zero-order chi connectivity index (χ0) is 21.8. The second kappa shape index (κ2) is 8.91. The number of carbonyl (C=O) groups is 3. The van der Waals surface area contributed by atoms with Crippen LogP contribution in [-0.2, 0) is 14.3 Å². The van der Waals surface area contributed by atoms with Crippen molar-refractivity contribution in [3.63, 3.8) is 0 Å². The molecule has 8 heteroatoms. The summed E-state index contributed by atoms with van der Waals surface area (Å²) in [6, 6.07) is 12.2. The van der Waals surface area contributed by atoms with Crippen molar-refractivity contribution in [2.24, 2.45) is 0 Å². The molecule has 0 spiro atoms. The average Bonchev–Trinajstić information content (AvgIpc) is 2.91. The first kappa shape index (κ1) is 20.5. The number of hydrogen-bond acceptors (Lipinski definition) is 6. The van der Waals surface area contributed by atoms with Gasteiger partial charge in [-0.3, -0.25) is 14.4 Å². The lowest BCUT2D eigenvalue weighted by Gasteiger charge is -2.16. The maximum Gasteiger partial charge on any atom is 0.308 e. The number of nitrogens with zero attached hydrogens (tertiary/aromatic N) is 1. The van der Waals surface area contributed by atoms with Gasteiger partial charge in [-0.1, -0.05) is 24.8 Å². The Labute approximate surface area is 179 Å². The van der Waals surface area contributed by atoms with E-state index < -0.39 is 18.5 Å². The van der Waals surface area contributed by atoms with E-state index in [1.165, 1.54) is 4.90 Å². The molecule has 0 bridgehead atoms. The predicted molar refractivity (Wildman–Crippen MR) is 113 cm³/mol. The Morgan fingerprint density at radius 3 is 2.58 bits per heavy atom. The van der Waals surface area contributed by atoms with Crippen molar-refractivity contribution < 1.29 is 28.6 Å². The number of nitrogens with one attached hydrogen (secondary N) is 1. The van der Waals surface area contributed by atoms with Crippen LogP contribution in [0.5, 0.6) is 11.5 Å². The highest BCUT2D eigenvalue weighted by molar-refractivity contribution is 6.08. The van der Waals surface area contributed by atoms with Crippen LogP contribution in [-0.4, -0.2) is 49.0 Å². The first-order valence-corrected chi connectivity index (χ1v) is 9.98. The zero-order valence-electron chi connectivity index (χ0n) is 16.9. The third-order valence-electron chi connectivity index (χ3n) is 4.97. The van der Waals surface area contributed by atoms with Gasteiger partial charge in [0.1, 0.15) is 0 Å². The average molecular weight is 422 g/mol. The Hall–Kier alpha value is -3.81. The molecule has 2 aromatic carbocycles. The van der Waals surface area contributed by atoms with Crippen molar-refractivity contribution in [3.8, 4) is 11.5 Å². The Kier molecular flexibility index (Phi) is 5.88. The van der Waals surface area contributed by atoms with Gasteiger partial charge in [-0.2, -0.15) is 0 Å². The monoisotopic (exact) mass is 422 g/mol. The fourth-order valence-electron chi connectivity index (χ4n) is 3.43. The normalized spacial score (nSPS) is 14.6. The molecule has 2 aliphatic rings. The van der Waals surface area contributed by atoms with Crippen LogP contribution in [0.4, 0.5) is 5.69 Å². The Balaban J connectivity index is 1.24. The van der Waals surface area contributed by atoms with E-state index in [1.54, 1.807) is 30.3 Å². The van der Waals surface area contributed by atoms with E-state index in [0.29, 0.717) is 41.7 Å². The van der Waals surface area contributed by atoms with E-state index in [2.05, 4.69) is 11.9 Å². The molecule has 2 aromatic rings. The maximum atomic E-state index is 12.4. The molecule has 0 unspecified atom stereocenters. The summed E-state index contributed by atoms with van der Waals surface area (Å²) in [5.74, 6) is -0.0613. The first-order valence-electron chi connectivity index (χ1n) is 9.98.